The van der Waals surface area contributed by atoms with E-state index in [1.807, 2.05) is 0 Å². The average Bonchev–Trinajstić information content (AvgIpc) is 2.43. The minimum absolute atomic E-state index is 0.330. The van der Waals surface area contributed by atoms with Gasteiger partial charge in [0.2, 0.25) is 0 Å². The van der Waals surface area contributed by atoms with Crippen molar-refractivity contribution >= 4 is 5.91 Å². The molecule has 0 saturated carbocycles. The van der Waals surface area contributed by atoms with E-state index in [1.165, 1.54) is 14.2 Å². The van der Waals surface area contributed by atoms with Gasteiger partial charge in [-0.1, -0.05) is 0 Å². The lowest BCUT2D eigenvalue weighted by atomic mass is 10.1. The van der Waals surface area contributed by atoms with Crippen LogP contribution in [0.2, 0.25) is 0 Å². The largest absolute Gasteiger partial charge is 0.497 e. The van der Waals surface area contributed by atoms with E-state index in [0.717, 1.165) is 0 Å². The van der Waals surface area contributed by atoms with Crippen LogP contribution in [-0.4, -0.2) is 49.6 Å². The first-order valence-corrected chi connectivity index (χ1v) is 5.40. The summed E-state index contributed by atoms with van der Waals surface area (Å²) in [5, 5.41) is 20.3. The summed E-state index contributed by atoms with van der Waals surface area (Å²) in [6, 6.07) is 4.05. The topological polar surface area (TPSA) is 88.0 Å². The van der Waals surface area contributed by atoms with E-state index in [-0.39, 0.29) is 13.2 Å². The maximum Gasteiger partial charge on any atom is 0.251 e. The number of carbonyl (C=O) groups is 1. The zero-order chi connectivity index (χ0) is 13.5. The van der Waals surface area contributed by atoms with Crippen molar-refractivity contribution in [3.8, 4) is 11.5 Å². The van der Waals surface area contributed by atoms with Crippen molar-refractivity contribution in [1.82, 2.24) is 5.32 Å². The fourth-order valence-corrected chi connectivity index (χ4v) is 1.36. The molecule has 0 spiro atoms. The number of aliphatic hydroxyl groups excluding tert-OH is 2. The predicted molar refractivity (Wildman–Crippen MR) is 65.0 cm³/mol. The van der Waals surface area contributed by atoms with Crippen molar-refractivity contribution in [1.29, 1.82) is 0 Å². The Kier molecular flexibility index (Phi) is 5.41. The molecule has 0 aliphatic rings. The van der Waals surface area contributed by atoms with Gasteiger partial charge in [-0.05, 0) is 12.1 Å². The number of methoxy groups -OCH3 is 2. The standard InChI is InChI=1S/C12H17NO5/c1-17-10-3-8(4-11(5-10)18-2)12(16)13-9(6-14)7-15/h3-5,9,14-15H,6-7H2,1-2H3,(H,13,16). The summed E-state index contributed by atoms with van der Waals surface area (Å²) >= 11 is 0. The molecule has 1 aromatic carbocycles. The molecule has 1 amide bonds. The predicted octanol–water partition coefficient (Wildman–Crippen LogP) is -0.213. The summed E-state index contributed by atoms with van der Waals surface area (Å²) in [5.41, 5.74) is 0.332. The number of benzene rings is 1. The summed E-state index contributed by atoms with van der Waals surface area (Å²) in [7, 11) is 2.97. The van der Waals surface area contributed by atoms with Crippen molar-refractivity contribution in [2.45, 2.75) is 6.04 Å². The molecule has 0 radical (unpaired) electrons. The first-order chi connectivity index (χ1) is 8.64. The van der Waals surface area contributed by atoms with Crippen LogP contribution in [0.25, 0.3) is 0 Å². The van der Waals surface area contributed by atoms with E-state index < -0.39 is 11.9 Å². The van der Waals surface area contributed by atoms with Crippen LogP contribution in [0.5, 0.6) is 11.5 Å². The Hall–Kier alpha value is -1.79. The first-order valence-electron chi connectivity index (χ1n) is 5.40. The minimum Gasteiger partial charge on any atom is -0.497 e. The van der Waals surface area contributed by atoms with Gasteiger partial charge in [-0.3, -0.25) is 4.79 Å². The second-order valence-electron chi connectivity index (χ2n) is 3.64. The third-order valence-corrected chi connectivity index (χ3v) is 2.39. The van der Waals surface area contributed by atoms with Crippen molar-refractivity contribution in [3.63, 3.8) is 0 Å². The lowest BCUT2D eigenvalue weighted by Gasteiger charge is -2.14. The van der Waals surface area contributed by atoms with Gasteiger partial charge in [-0.25, -0.2) is 0 Å². The van der Waals surface area contributed by atoms with Gasteiger partial charge < -0.3 is 25.0 Å². The van der Waals surface area contributed by atoms with Crippen LogP contribution in [0.15, 0.2) is 18.2 Å². The van der Waals surface area contributed by atoms with Crippen molar-refractivity contribution in [2.24, 2.45) is 0 Å². The molecule has 0 aliphatic carbocycles. The van der Waals surface area contributed by atoms with Gasteiger partial charge in [0.25, 0.3) is 5.91 Å². The number of ether oxygens (including phenoxy) is 2. The highest BCUT2D eigenvalue weighted by Gasteiger charge is 2.14. The Morgan fingerprint density at radius 1 is 1.17 bits per heavy atom. The van der Waals surface area contributed by atoms with E-state index >= 15 is 0 Å². The highest BCUT2D eigenvalue weighted by atomic mass is 16.5. The van der Waals surface area contributed by atoms with Crippen molar-refractivity contribution in [2.75, 3.05) is 27.4 Å². The van der Waals surface area contributed by atoms with Gasteiger partial charge in [-0.2, -0.15) is 0 Å². The molecule has 0 bridgehead atoms. The first kappa shape index (κ1) is 14.3. The van der Waals surface area contributed by atoms with E-state index in [9.17, 15) is 4.79 Å². The maximum atomic E-state index is 11.9. The fourth-order valence-electron chi connectivity index (χ4n) is 1.36. The van der Waals surface area contributed by atoms with Crippen LogP contribution in [0.3, 0.4) is 0 Å². The van der Waals surface area contributed by atoms with Gasteiger partial charge in [-0.15, -0.1) is 0 Å². The van der Waals surface area contributed by atoms with Crippen LogP contribution >= 0.6 is 0 Å². The lowest BCUT2D eigenvalue weighted by Crippen LogP contribution is -2.40. The molecule has 0 aliphatic heterocycles. The van der Waals surface area contributed by atoms with Crippen LogP contribution in [0.1, 0.15) is 10.4 Å². The molecule has 1 aromatic rings. The number of hydrogen-bond acceptors (Lipinski definition) is 5. The molecule has 0 fully saturated rings. The van der Waals surface area contributed by atoms with E-state index in [4.69, 9.17) is 19.7 Å². The molecule has 0 saturated heterocycles. The quantitative estimate of drug-likeness (QED) is 0.654. The summed E-state index contributed by atoms with van der Waals surface area (Å²) in [6.07, 6.45) is 0. The Morgan fingerprint density at radius 2 is 1.67 bits per heavy atom. The van der Waals surface area contributed by atoms with Crippen molar-refractivity contribution in [3.05, 3.63) is 23.8 Å². The third kappa shape index (κ3) is 3.61. The second kappa shape index (κ2) is 6.83. The molecule has 1 rings (SSSR count). The van der Waals surface area contributed by atoms with Crippen LogP contribution in [-0.2, 0) is 0 Å². The molecule has 18 heavy (non-hydrogen) atoms. The summed E-state index contributed by atoms with van der Waals surface area (Å²) in [4.78, 5) is 11.9. The van der Waals surface area contributed by atoms with Gasteiger partial charge in [0, 0.05) is 11.6 Å². The average molecular weight is 255 g/mol. The van der Waals surface area contributed by atoms with E-state index in [0.29, 0.717) is 17.1 Å². The molecule has 0 aromatic heterocycles. The Balaban J connectivity index is 2.90. The highest BCUT2D eigenvalue weighted by molar-refractivity contribution is 5.95. The molecule has 0 atom stereocenters. The van der Waals surface area contributed by atoms with Crippen molar-refractivity contribution < 1.29 is 24.5 Å². The maximum absolute atomic E-state index is 11.9. The molecule has 100 valence electrons. The normalized spacial score (nSPS) is 10.3. The smallest absolute Gasteiger partial charge is 0.251 e. The summed E-state index contributed by atoms with van der Waals surface area (Å²) in [5.74, 6) is 0.563. The Bertz CT molecular complexity index is 381. The second-order valence-corrected chi connectivity index (χ2v) is 3.64. The molecular weight excluding hydrogens is 238 g/mol. The SMILES string of the molecule is COc1cc(OC)cc(C(=O)NC(CO)CO)c1. The van der Waals surface area contributed by atoms with Gasteiger partial charge in [0.1, 0.15) is 11.5 Å². The zero-order valence-corrected chi connectivity index (χ0v) is 10.3. The zero-order valence-electron chi connectivity index (χ0n) is 10.3. The van der Waals surface area contributed by atoms with Crippen LogP contribution in [0, 0.1) is 0 Å². The number of rotatable bonds is 6. The van der Waals surface area contributed by atoms with E-state index in [2.05, 4.69) is 5.32 Å². The van der Waals surface area contributed by atoms with Crippen LogP contribution in [0.4, 0.5) is 0 Å². The molecule has 0 heterocycles. The Morgan fingerprint density at radius 3 is 2.06 bits per heavy atom. The lowest BCUT2D eigenvalue weighted by molar-refractivity contribution is 0.0878. The number of hydrogen-bond donors (Lipinski definition) is 3. The monoisotopic (exact) mass is 255 g/mol. The molecule has 6 heteroatoms. The highest BCUT2D eigenvalue weighted by Crippen LogP contribution is 2.22. The molecule has 0 unspecified atom stereocenters. The van der Waals surface area contributed by atoms with Gasteiger partial charge in [0.15, 0.2) is 0 Å². The molecule has 6 nitrogen and oxygen atoms in total. The van der Waals surface area contributed by atoms with Gasteiger partial charge in [0.05, 0.1) is 33.5 Å². The Labute approximate surface area is 105 Å². The van der Waals surface area contributed by atoms with E-state index in [1.54, 1.807) is 18.2 Å². The molecule has 3 N–H and O–H groups in total. The minimum atomic E-state index is -0.685. The summed E-state index contributed by atoms with van der Waals surface area (Å²) in [6.45, 7) is -0.660. The number of amides is 1. The number of aliphatic hydroxyl groups is 2. The number of carbonyl (C=O) groups excluding carboxylic acids is 1. The summed E-state index contributed by atoms with van der Waals surface area (Å²) < 4.78 is 10.1. The van der Waals surface area contributed by atoms with Gasteiger partial charge >= 0.3 is 0 Å². The molecular formula is C12H17NO5. The van der Waals surface area contributed by atoms with Crippen LogP contribution < -0.4 is 14.8 Å². The third-order valence-electron chi connectivity index (χ3n) is 2.39. The fraction of sp³-hybridized carbons (Fsp3) is 0.417. The number of nitrogens with one attached hydrogen (secondary N) is 1.